The van der Waals surface area contributed by atoms with Gasteiger partial charge >= 0.3 is 0 Å². The van der Waals surface area contributed by atoms with Crippen LogP contribution in [-0.4, -0.2) is 20.4 Å². The highest BCUT2D eigenvalue weighted by Crippen LogP contribution is 2.19. The average Bonchev–Trinajstić information content (AvgIpc) is 3.38. The Hall–Kier alpha value is -3.58. The second kappa shape index (κ2) is 8.62. The van der Waals surface area contributed by atoms with Crippen LogP contribution in [0.25, 0.3) is 12.2 Å². The van der Waals surface area contributed by atoms with E-state index in [0.717, 1.165) is 16.8 Å². The van der Waals surface area contributed by atoms with Gasteiger partial charge in [-0.25, -0.2) is 9.37 Å². The summed E-state index contributed by atoms with van der Waals surface area (Å²) < 4.78 is 14.8. The second-order valence-corrected chi connectivity index (χ2v) is 7.15. The number of hydrogen-bond donors (Lipinski definition) is 1. The van der Waals surface area contributed by atoms with Crippen LogP contribution in [0.2, 0.25) is 0 Å². The molecule has 0 unspecified atom stereocenters. The quantitative estimate of drug-likeness (QED) is 0.495. The normalized spacial score (nSPS) is 11.1. The van der Waals surface area contributed by atoms with Gasteiger partial charge in [-0.1, -0.05) is 18.2 Å². The third-order valence-corrected chi connectivity index (χ3v) is 5.00. The number of amides is 1. The highest BCUT2D eigenvalue weighted by atomic mass is 32.1. The largest absolute Gasteiger partial charge is 0.339 e. The van der Waals surface area contributed by atoms with Crippen molar-refractivity contribution in [2.45, 2.75) is 6.54 Å². The maximum atomic E-state index is 13.0. The molecule has 0 saturated heterocycles. The van der Waals surface area contributed by atoms with Crippen molar-refractivity contribution in [2.24, 2.45) is 0 Å². The molecule has 3 aromatic heterocycles. The Morgan fingerprint density at radius 1 is 1.10 bits per heavy atom. The number of nitrogens with zero attached hydrogens (tertiary/aromatic N) is 3. The number of halogens is 1. The molecule has 1 amide bonds. The second-order valence-electron chi connectivity index (χ2n) is 6.29. The topological polar surface area (TPSA) is 59.8 Å². The standard InChI is InChI=1S/C22H17FN4OS/c23-18-6-3-16(4-7-18)5-8-19-15-29-22(25-19)26-21(28)20-2-1-13-27(20)14-17-9-11-24-12-10-17/h1-13,15H,14H2,(H,25,26,28)/b8-5+. The summed E-state index contributed by atoms with van der Waals surface area (Å²) in [7, 11) is 0. The number of rotatable bonds is 6. The number of thiazole rings is 1. The van der Waals surface area contributed by atoms with Crippen LogP contribution in [0.1, 0.15) is 27.3 Å². The molecule has 0 saturated carbocycles. The fraction of sp³-hybridized carbons (Fsp3) is 0.0455. The molecular formula is C22H17FN4OS. The van der Waals surface area contributed by atoms with E-state index in [2.05, 4.69) is 15.3 Å². The molecule has 4 rings (SSSR count). The van der Waals surface area contributed by atoms with Crippen molar-refractivity contribution in [1.82, 2.24) is 14.5 Å². The molecule has 29 heavy (non-hydrogen) atoms. The minimum Gasteiger partial charge on any atom is -0.339 e. The van der Waals surface area contributed by atoms with Gasteiger partial charge in [-0.05, 0) is 53.6 Å². The van der Waals surface area contributed by atoms with Crippen molar-refractivity contribution in [3.8, 4) is 0 Å². The van der Waals surface area contributed by atoms with E-state index >= 15 is 0 Å². The number of pyridine rings is 1. The molecule has 1 N–H and O–H groups in total. The van der Waals surface area contributed by atoms with Gasteiger partial charge < -0.3 is 4.57 Å². The molecule has 5 nitrogen and oxygen atoms in total. The number of benzene rings is 1. The molecule has 3 heterocycles. The first-order chi connectivity index (χ1) is 14.2. The summed E-state index contributed by atoms with van der Waals surface area (Å²) in [4.78, 5) is 21.1. The van der Waals surface area contributed by atoms with Crippen LogP contribution in [0.3, 0.4) is 0 Å². The van der Waals surface area contributed by atoms with Crippen molar-refractivity contribution in [1.29, 1.82) is 0 Å². The highest BCUT2D eigenvalue weighted by molar-refractivity contribution is 7.14. The Balaban J connectivity index is 1.42. The summed E-state index contributed by atoms with van der Waals surface area (Å²) >= 11 is 1.35. The van der Waals surface area contributed by atoms with Crippen LogP contribution in [0.15, 0.2) is 72.5 Å². The maximum absolute atomic E-state index is 13.0. The van der Waals surface area contributed by atoms with Crippen LogP contribution >= 0.6 is 11.3 Å². The fourth-order valence-electron chi connectivity index (χ4n) is 2.78. The number of carbonyl (C=O) groups is 1. The summed E-state index contributed by atoms with van der Waals surface area (Å²) in [6.45, 7) is 0.585. The minimum atomic E-state index is -0.269. The number of hydrogen-bond acceptors (Lipinski definition) is 4. The molecule has 4 aromatic rings. The lowest BCUT2D eigenvalue weighted by Gasteiger charge is -2.08. The highest BCUT2D eigenvalue weighted by Gasteiger charge is 2.13. The van der Waals surface area contributed by atoms with Crippen molar-refractivity contribution in [3.63, 3.8) is 0 Å². The number of carbonyl (C=O) groups excluding carboxylic acids is 1. The third kappa shape index (κ3) is 4.83. The molecule has 0 aliphatic rings. The summed E-state index contributed by atoms with van der Waals surface area (Å²) in [5, 5.41) is 5.22. The lowest BCUT2D eigenvalue weighted by Crippen LogP contribution is -2.17. The summed E-state index contributed by atoms with van der Waals surface area (Å²) in [5.74, 6) is -0.484. The van der Waals surface area contributed by atoms with Crippen LogP contribution < -0.4 is 5.32 Å². The van der Waals surface area contributed by atoms with Crippen LogP contribution in [0.4, 0.5) is 9.52 Å². The molecule has 0 radical (unpaired) electrons. The Labute approximate surface area is 171 Å². The summed E-state index contributed by atoms with van der Waals surface area (Å²) in [6, 6.07) is 13.7. The van der Waals surface area contributed by atoms with Gasteiger partial charge in [0.05, 0.1) is 5.69 Å². The van der Waals surface area contributed by atoms with E-state index in [-0.39, 0.29) is 11.7 Å². The van der Waals surface area contributed by atoms with E-state index in [1.165, 1.54) is 23.5 Å². The van der Waals surface area contributed by atoms with Crippen LogP contribution in [-0.2, 0) is 6.54 Å². The van der Waals surface area contributed by atoms with Gasteiger partial charge in [0.2, 0.25) is 0 Å². The van der Waals surface area contributed by atoms with Gasteiger partial charge in [0.25, 0.3) is 5.91 Å². The molecule has 7 heteroatoms. The average molecular weight is 404 g/mol. The van der Waals surface area contributed by atoms with E-state index in [9.17, 15) is 9.18 Å². The predicted octanol–water partition coefficient (Wildman–Crippen LogP) is 4.95. The van der Waals surface area contributed by atoms with Crippen LogP contribution in [0.5, 0.6) is 0 Å². The molecule has 0 aliphatic heterocycles. The van der Waals surface area contributed by atoms with Gasteiger partial charge in [0, 0.05) is 30.5 Å². The molecule has 144 valence electrons. The zero-order valence-corrected chi connectivity index (χ0v) is 16.1. The minimum absolute atomic E-state index is 0.215. The van der Waals surface area contributed by atoms with E-state index in [4.69, 9.17) is 0 Å². The summed E-state index contributed by atoms with van der Waals surface area (Å²) in [6.07, 6.45) is 9.00. The zero-order valence-electron chi connectivity index (χ0n) is 15.3. The Kier molecular flexibility index (Phi) is 5.58. The van der Waals surface area contributed by atoms with Crippen molar-refractivity contribution < 1.29 is 9.18 Å². The maximum Gasteiger partial charge on any atom is 0.274 e. The Morgan fingerprint density at radius 2 is 1.90 bits per heavy atom. The number of nitrogens with one attached hydrogen (secondary N) is 1. The van der Waals surface area contributed by atoms with Gasteiger partial charge in [0.15, 0.2) is 5.13 Å². The molecule has 0 fully saturated rings. The lowest BCUT2D eigenvalue weighted by atomic mass is 10.2. The van der Waals surface area contributed by atoms with Crippen LogP contribution in [0, 0.1) is 5.82 Å². The fourth-order valence-corrected chi connectivity index (χ4v) is 3.45. The van der Waals surface area contributed by atoms with E-state index in [1.54, 1.807) is 30.6 Å². The Morgan fingerprint density at radius 3 is 2.69 bits per heavy atom. The lowest BCUT2D eigenvalue weighted by molar-refractivity contribution is 0.101. The molecule has 0 aliphatic carbocycles. The molecule has 1 aromatic carbocycles. The van der Waals surface area contributed by atoms with E-state index < -0.39 is 0 Å². The molecule has 0 atom stereocenters. The SMILES string of the molecule is O=C(Nc1nc(/C=C/c2ccc(F)cc2)cs1)c1cccn1Cc1ccncc1. The molecule has 0 spiro atoms. The first kappa shape index (κ1) is 18.8. The zero-order chi connectivity index (χ0) is 20.1. The van der Waals surface area contributed by atoms with E-state index in [1.807, 2.05) is 46.5 Å². The van der Waals surface area contributed by atoms with Gasteiger partial charge in [-0.3, -0.25) is 15.1 Å². The van der Waals surface area contributed by atoms with Gasteiger partial charge in [-0.2, -0.15) is 0 Å². The number of anilines is 1. The van der Waals surface area contributed by atoms with Gasteiger partial charge in [-0.15, -0.1) is 11.3 Å². The monoisotopic (exact) mass is 404 g/mol. The third-order valence-electron chi connectivity index (χ3n) is 4.22. The molecular weight excluding hydrogens is 387 g/mol. The van der Waals surface area contributed by atoms with Crippen molar-refractivity contribution >= 4 is 34.5 Å². The first-order valence-electron chi connectivity index (χ1n) is 8.92. The van der Waals surface area contributed by atoms with Crippen molar-refractivity contribution in [3.05, 3.63) is 101 Å². The summed E-state index contributed by atoms with van der Waals surface area (Å²) in [5.41, 5.74) is 3.22. The smallest absolute Gasteiger partial charge is 0.274 e. The van der Waals surface area contributed by atoms with Gasteiger partial charge in [0.1, 0.15) is 11.5 Å². The Bertz CT molecular complexity index is 1130. The van der Waals surface area contributed by atoms with Crippen molar-refractivity contribution in [2.75, 3.05) is 5.32 Å². The van der Waals surface area contributed by atoms with E-state index in [0.29, 0.717) is 17.4 Å². The first-order valence-corrected chi connectivity index (χ1v) is 9.80. The molecule has 0 bridgehead atoms. The number of aromatic nitrogens is 3. The predicted molar refractivity (Wildman–Crippen MR) is 113 cm³/mol.